The second kappa shape index (κ2) is 5.18. The summed E-state index contributed by atoms with van der Waals surface area (Å²) in [7, 11) is 0. The number of ether oxygens (including phenoxy) is 1. The van der Waals surface area contributed by atoms with E-state index in [0.29, 0.717) is 19.1 Å². The van der Waals surface area contributed by atoms with Crippen LogP contribution in [-0.2, 0) is 11.3 Å². The first-order valence-electron chi connectivity index (χ1n) is 6.94. The van der Waals surface area contributed by atoms with E-state index in [2.05, 4.69) is 21.4 Å². The fraction of sp³-hybridized carbons (Fsp3) is 0.357. The van der Waals surface area contributed by atoms with Crippen LogP contribution in [0.5, 0.6) is 0 Å². The first-order chi connectivity index (χ1) is 10.3. The van der Waals surface area contributed by atoms with Gasteiger partial charge in [-0.15, -0.1) is 10.2 Å². The van der Waals surface area contributed by atoms with Gasteiger partial charge in [0.1, 0.15) is 5.01 Å². The van der Waals surface area contributed by atoms with Gasteiger partial charge in [0.15, 0.2) is 5.82 Å². The third-order valence-electron chi connectivity index (χ3n) is 3.72. The van der Waals surface area contributed by atoms with Crippen LogP contribution in [-0.4, -0.2) is 33.0 Å². The van der Waals surface area contributed by atoms with Gasteiger partial charge in [0, 0.05) is 24.6 Å². The molecule has 1 aliphatic heterocycles. The smallest absolute Gasteiger partial charge is 0.234 e. The van der Waals surface area contributed by atoms with E-state index in [9.17, 15) is 0 Å². The molecule has 2 N–H and O–H groups in total. The standard InChI is InChI=1S/C14H15N5OS/c15-7-9-2-1-3-10(6-9)13-18-19-12(11-4-5-20-8-11)16-17-14(19)21-13/h1-3,6,11H,4-5,7-8,15H2. The maximum atomic E-state index is 5.70. The van der Waals surface area contributed by atoms with Crippen molar-refractivity contribution >= 4 is 16.3 Å². The molecule has 0 saturated carbocycles. The van der Waals surface area contributed by atoms with Crippen LogP contribution in [0, 0.1) is 0 Å². The Morgan fingerprint density at radius 2 is 2.33 bits per heavy atom. The van der Waals surface area contributed by atoms with Crippen LogP contribution in [0.25, 0.3) is 15.5 Å². The summed E-state index contributed by atoms with van der Waals surface area (Å²) in [5.41, 5.74) is 7.87. The van der Waals surface area contributed by atoms with Crippen molar-refractivity contribution < 1.29 is 4.74 Å². The Morgan fingerprint density at radius 1 is 1.38 bits per heavy atom. The van der Waals surface area contributed by atoms with Crippen molar-refractivity contribution in [3.05, 3.63) is 35.7 Å². The van der Waals surface area contributed by atoms with Gasteiger partial charge in [0.05, 0.1) is 6.61 Å². The highest BCUT2D eigenvalue weighted by molar-refractivity contribution is 7.19. The molecule has 1 saturated heterocycles. The summed E-state index contributed by atoms with van der Waals surface area (Å²) in [5, 5.41) is 14.1. The average Bonchev–Trinajstić information content (AvgIpc) is 3.23. The van der Waals surface area contributed by atoms with Crippen molar-refractivity contribution in [2.75, 3.05) is 13.2 Å². The Hall–Kier alpha value is -1.83. The molecule has 1 unspecified atom stereocenters. The van der Waals surface area contributed by atoms with Crippen molar-refractivity contribution in [1.82, 2.24) is 19.8 Å². The Morgan fingerprint density at radius 3 is 3.14 bits per heavy atom. The lowest BCUT2D eigenvalue weighted by Gasteiger charge is -2.02. The van der Waals surface area contributed by atoms with E-state index in [-0.39, 0.29) is 0 Å². The summed E-state index contributed by atoms with van der Waals surface area (Å²) >= 11 is 1.55. The molecule has 0 spiro atoms. The lowest BCUT2D eigenvalue weighted by molar-refractivity contribution is 0.193. The van der Waals surface area contributed by atoms with Gasteiger partial charge in [-0.1, -0.05) is 29.5 Å². The number of fused-ring (bicyclic) bond motifs is 1. The monoisotopic (exact) mass is 301 g/mol. The molecule has 1 aliphatic rings. The fourth-order valence-corrected chi connectivity index (χ4v) is 3.42. The highest BCUT2D eigenvalue weighted by Crippen LogP contribution is 2.29. The molecule has 0 amide bonds. The summed E-state index contributed by atoms with van der Waals surface area (Å²) in [6, 6.07) is 8.14. The number of nitrogens with zero attached hydrogens (tertiary/aromatic N) is 4. The average molecular weight is 301 g/mol. The topological polar surface area (TPSA) is 78.3 Å². The summed E-state index contributed by atoms with van der Waals surface area (Å²) in [4.78, 5) is 0.824. The molecule has 0 bridgehead atoms. The number of rotatable bonds is 3. The molecular formula is C14H15N5OS. The highest BCUT2D eigenvalue weighted by atomic mass is 32.1. The van der Waals surface area contributed by atoms with Gasteiger partial charge in [0.2, 0.25) is 4.96 Å². The van der Waals surface area contributed by atoms with Crippen LogP contribution < -0.4 is 5.73 Å². The highest BCUT2D eigenvalue weighted by Gasteiger charge is 2.25. The predicted octanol–water partition coefficient (Wildman–Crippen LogP) is 1.82. The Balaban J connectivity index is 1.76. The van der Waals surface area contributed by atoms with Crippen LogP contribution in [0.15, 0.2) is 24.3 Å². The van der Waals surface area contributed by atoms with Crippen LogP contribution in [0.4, 0.5) is 0 Å². The van der Waals surface area contributed by atoms with Crippen molar-refractivity contribution in [3.8, 4) is 10.6 Å². The maximum absolute atomic E-state index is 5.70. The first-order valence-corrected chi connectivity index (χ1v) is 7.76. The van der Waals surface area contributed by atoms with Crippen molar-refractivity contribution in [2.45, 2.75) is 18.9 Å². The minimum Gasteiger partial charge on any atom is -0.381 e. The molecule has 0 aliphatic carbocycles. The molecule has 1 aromatic carbocycles. The predicted molar refractivity (Wildman–Crippen MR) is 80.2 cm³/mol. The van der Waals surface area contributed by atoms with Gasteiger partial charge < -0.3 is 10.5 Å². The second-order valence-corrected chi connectivity index (χ2v) is 6.08. The Bertz CT molecular complexity index is 775. The molecule has 1 fully saturated rings. The number of benzene rings is 1. The lowest BCUT2D eigenvalue weighted by atomic mass is 10.1. The Labute approximate surface area is 125 Å². The molecule has 21 heavy (non-hydrogen) atoms. The van der Waals surface area contributed by atoms with Crippen molar-refractivity contribution in [1.29, 1.82) is 0 Å². The van der Waals surface area contributed by atoms with Crippen LogP contribution in [0.3, 0.4) is 0 Å². The van der Waals surface area contributed by atoms with E-state index in [1.165, 1.54) is 0 Å². The molecule has 3 aromatic rings. The molecule has 7 heteroatoms. The summed E-state index contributed by atoms with van der Waals surface area (Å²) < 4.78 is 7.29. The lowest BCUT2D eigenvalue weighted by Crippen LogP contribution is -2.04. The number of hydrogen-bond acceptors (Lipinski definition) is 6. The van der Waals surface area contributed by atoms with E-state index in [0.717, 1.165) is 39.9 Å². The van der Waals surface area contributed by atoms with E-state index >= 15 is 0 Å². The van der Waals surface area contributed by atoms with Gasteiger partial charge in [0.25, 0.3) is 0 Å². The minimum atomic E-state index is 0.297. The Kier molecular flexibility index (Phi) is 3.17. The third kappa shape index (κ3) is 2.23. The summed E-state index contributed by atoms with van der Waals surface area (Å²) in [6.07, 6.45) is 0.982. The second-order valence-electron chi connectivity index (χ2n) is 5.12. The fourth-order valence-electron chi connectivity index (χ4n) is 2.57. The molecule has 108 valence electrons. The molecule has 4 rings (SSSR count). The van der Waals surface area contributed by atoms with Crippen LogP contribution in [0.2, 0.25) is 0 Å². The van der Waals surface area contributed by atoms with Crippen LogP contribution >= 0.6 is 11.3 Å². The largest absolute Gasteiger partial charge is 0.381 e. The number of aromatic nitrogens is 4. The molecule has 6 nitrogen and oxygen atoms in total. The zero-order valence-electron chi connectivity index (χ0n) is 11.4. The number of nitrogens with two attached hydrogens (primary N) is 1. The quantitative estimate of drug-likeness (QED) is 0.798. The molecule has 0 radical (unpaired) electrons. The minimum absolute atomic E-state index is 0.297. The van der Waals surface area contributed by atoms with E-state index < -0.39 is 0 Å². The van der Waals surface area contributed by atoms with Gasteiger partial charge in [-0.05, 0) is 18.1 Å². The zero-order chi connectivity index (χ0) is 14.2. The maximum Gasteiger partial charge on any atom is 0.234 e. The van der Waals surface area contributed by atoms with Gasteiger partial charge >= 0.3 is 0 Å². The van der Waals surface area contributed by atoms with Crippen molar-refractivity contribution in [3.63, 3.8) is 0 Å². The van der Waals surface area contributed by atoms with E-state index in [1.807, 2.05) is 22.7 Å². The van der Waals surface area contributed by atoms with Gasteiger partial charge in [-0.3, -0.25) is 0 Å². The molecule has 2 aromatic heterocycles. The normalized spacial score (nSPS) is 18.6. The zero-order valence-corrected chi connectivity index (χ0v) is 12.2. The van der Waals surface area contributed by atoms with Gasteiger partial charge in [-0.2, -0.15) is 9.61 Å². The summed E-state index contributed by atoms with van der Waals surface area (Å²) in [5.74, 6) is 1.20. The van der Waals surface area contributed by atoms with E-state index in [4.69, 9.17) is 10.5 Å². The molecular weight excluding hydrogens is 286 g/mol. The van der Waals surface area contributed by atoms with Crippen molar-refractivity contribution in [2.24, 2.45) is 5.73 Å². The SMILES string of the molecule is NCc1cccc(-c2nn3c(C4CCOC4)nnc3s2)c1. The number of hydrogen-bond donors (Lipinski definition) is 1. The third-order valence-corrected chi connectivity index (χ3v) is 4.67. The summed E-state index contributed by atoms with van der Waals surface area (Å²) in [6.45, 7) is 2.02. The van der Waals surface area contributed by atoms with E-state index in [1.54, 1.807) is 11.3 Å². The molecule has 3 heterocycles. The van der Waals surface area contributed by atoms with Gasteiger partial charge in [-0.25, -0.2) is 0 Å². The molecule has 1 atom stereocenters. The first kappa shape index (κ1) is 12.9. The van der Waals surface area contributed by atoms with Crippen LogP contribution in [0.1, 0.15) is 23.7 Å².